The molecule has 1 atom stereocenters. The zero-order chi connectivity index (χ0) is 6.41. The summed E-state index contributed by atoms with van der Waals surface area (Å²) in [6.07, 6.45) is 1.14. The lowest BCUT2D eigenvalue weighted by Gasteiger charge is -2.09. The number of nitrogens with two attached hydrogens (primary N) is 1. The lowest BCUT2D eigenvalue weighted by Crippen LogP contribution is -2.22. The smallest absolute Gasteiger partial charge is 0.0701 e. The molecule has 3 heteroatoms. The molecule has 0 aliphatic rings. The van der Waals surface area contributed by atoms with Gasteiger partial charge in [-0.2, -0.15) is 12.6 Å². The zero-order valence-corrected chi connectivity index (χ0v) is 6.03. The number of rotatable bonds is 4. The van der Waals surface area contributed by atoms with Crippen molar-refractivity contribution in [2.75, 3.05) is 19.4 Å². The third-order valence-electron chi connectivity index (χ3n) is 1.05. The van der Waals surface area contributed by atoms with Gasteiger partial charge in [0.2, 0.25) is 0 Å². The standard InChI is InChI=1S/C5H13NOS/c1-7-5(4-6)2-3-8/h5,8H,2-4,6H2,1H3. The van der Waals surface area contributed by atoms with E-state index in [-0.39, 0.29) is 6.10 Å². The van der Waals surface area contributed by atoms with Crippen LogP contribution in [0.1, 0.15) is 6.42 Å². The normalized spacial score (nSPS) is 13.9. The zero-order valence-electron chi connectivity index (χ0n) is 5.13. The van der Waals surface area contributed by atoms with Crippen molar-refractivity contribution in [1.82, 2.24) is 0 Å². The van der Waals surface area contributed by atoms with Crippen molar-refractivity contribution in [2.24, 2.45) is 5.73 Å². The van der Waals surface area contributed by atoms with E-state index in [9.17, 15) is 0 Å². The predicted octanol–water partition coefficient (Wildman–Crippen LogP) is 0.280. The molecule has 0 aliphatic carbocycles. The molecule has 0 saturated heterocycles. The first kappa shape index (κ1) is 8.27. The number of ether oxygens (including phenoxy) is 1. The predicted molar refractivity (Wildman–Crippen MR) is 38.3 cm³/mol. The quantitative estimate of drug-likeness (QED) is 0.543. The van der Waals surface area contributed by atoms with Gasteiger partial charge in [-0.15, -0.1) is 0 Å². The van der Waals surface area contributed by atoms with Crippen LogP contribution < -0.4 is 5.73 Å². The molecule has 8 heavy (non-hydrogen) atoms. The van der Waals surface area contributed by atoms with Crippen LogP contribution in [0.2, 0.25) is 0 Å². The summed E-state index contributed by atoms with van der Waals surface area (Å²) in [5.41, 5.74) is 5.31. The Morgan fingerprint density at radius 2 is 2.38 bits per heavy atom. The van der Waals surface area contributed by atoms with Gasteiger partial charge in [0.15, 0.2) is 0 Å². The Labute approximate surface area is 55.8 Å². The molecular weight excluding hydrogens is 122 g/mol. The molecule has 1 unspecified atom stereocenters. The van der Waals surface area contributed by atoms with Gasteiger partial charge in [-0.05, 0) is 12.2 Å². The maximum atomic E-state index is 5.31. The summed E-state index contributed by atoms with van der Waals surface area (Å²) in [6.45, 7) is 0.594. The molecule has 0 heterocycles. The van der Waals surface area contributed by atoms with Gasteiger partial charge in [-0.1, -0.05) is 0 Å². The van der Waals surface area contributed by atoms with Gasteiger partial charge in [0.05, 0.1) is 6.10 Å². The molecule has 0 fully saturated rings. The van der Waals surface area contributed by atoms with Crippen LogP contribution in [0.4, 0.5) is 0 Å². The monoisotopic (exact) mass is 135 g/mol. The van der Waals surface area contributed by atoms with E-state index < -0.39 is 0 Å². The van der Waals surface area contributed by atoms with Gasteiger partial charge in [0, 0.05) is 13.7 Å². The molecule has 0 aromatic heterocycles. The van der Waals surface area contributed by atoms with Crippen molar-refractivity contribution in [3.63, 3.8) is 0 Å². The van der Waals surface area contributed by atoms with Crippen molar-refractivity contribution < 1.29 is 4.74 Å². The fourth-order valence-corrected chi connectivity index (χ4v) is 0.764. The molecular formula is C5H13NOS. The molecule has 0 bridgehead atoms. The highest BCUT2D eigenvalue weighted by Crippen LogP contribution is 1.94. The maximum Gasteiger partial charge on any atom is 0.0701 e. The molecule has 50 valence electrons. The van der Waals surface area contributed by atoms with E-state index in [1.54, 1.807) is 7.11 Å². The van der Waals surface area contributed by atoms with Crippen molar-refractivity contribution >= 4 is 12.6 Å². The van der Waals surface area contributed by atoms with Gasteiger partial charge >= 0.3 is 0 Å². The largest absolute Gasteiger partial charge is 0.380 e. The minimum atomic E-state index is 0.201. The SMILES string of the molecule is COC(CN)CCS. The molecule has 0 amide bonds. The Bertz CT molecular complexity index is 47.7. The lowest BCUT2D eigenvalue weighted by molar-refractivity contribution is 0.107. The third-order valence-corrected chi connectivity index (χ3v) is 1.31. The average molecular weight is 135 g/mol. The molecule has 0 saturated carbocycles. The number of hydrogen-bond acceptors (Lipinski definition) is 3. The van der Waals surface area contributed by atoms with E-state index >= 15 is 0 Å². The first-order valence-corrected chi connectivity index (χ1v) is 3.32. The van der Waals surface area contributed by atoms with Crippen LogP contribution in [0.5, 0.6) is 0 Å². The second-order valence-electron chi connectivity index (χ2n) is 1.61. The van der Waals surface area contributed by atoms with Crippen molar-refractivity contribution in [2.45, 2.75) is 12.5 Å². The van der Waals surface area contributed by atoms with Crippen LogP contribution >= 0.6 is 12.6 Å². The van der Waals surface area contributed by atoms with Crippen LogP contribution in [0, 0.1) is 0 Å². The minimum absolute atomic E-state index is 0.201. The fraction of sp³-hybridized carbons (Fsp3) is 1.00. The molecule has 0 rings (SSSR count). The Hall–Kier alpha value is 0.270. The Balaban J connectivity index is 3.07. The highest BCUT2D eigenvalue weighted by molar-refractivity contribution is 7.80. The van der Waals surface area contributed by atoms with Crippen LogP contribution in [0.15, 0.2) is 0 Å². The van der Waals surface area contributed by atoms with Gasteiger partial charge in [0.25, 0.3) is 0 Å². The number of methoxy groups -OCH3 is 1. The van der Waals surface area contributed by atoms with Gasteiger partial charge in [0.1, 0.15) is 0 Å². The van der Waals surface area contributed by atoms with E-state index in [0.717, 1.165) is 12.2 Å². The first-order chi connectivity index (χ1) is 3.85. The summed E-state index contributed by atoms with van der Waals surface area (Å²) in [7, 11) is 1.67. The first-order valence-electron chi connectivity index (χ1n) is 2.68. The highest BCUT2D eigenvalue weighted by Gasteiger charge is 2.00. The van der Waals surface area contributed by atoms with Gasteiger partial charge in [-0.3, -0.25) is 0 Å². The van der Waals surface area contributed by atoms with E-state index in [1.165, 1.54) is 0 Å². The number of hydrogen-bond donors (Lipinski definition) is 2. The molecule has 0 radical (unpaired) electrons. The van der Waals surface area contributed by atoms with Gasteiger partial charge < -0.3 is 10.5 Å². The summed E-state index contributed by atoms with van der Waals surface area (Å²) >= 11 is 4.03. The van der Waals surface area contributed by atoms with Crippen LogP contribution in [0.3, 0.4) is 0 Å². The second kappa shape index (κ2) is 5.41. The van der Waals surface area contributed by atoms with Gasteiger partial charge in [-0.25, -0.2) is 0 Å². The summed E-state index contributed by atoms with van der Waals surface area (Å²) < 4.78 is 4.97. The van der Waals surface area contributed by atoms with E-state index in [0.29, 0.717) is 6.54 Å². The van der Waals surface area contributed by atoms with Crippen molar-refractivity contribution in [3.8, 4) is 0 Å². The second-order valence-corrected chi connectivity index (χ2v) is 2.05. The Morgan fingerprint density at radius 1 is 1.75 bits per heavy atom. The summed E-state index contributed by atoms with van der Waals surface area (Å²) in [5.74, 6) is 0.843. The highest BCUT2D eigenvalue weighted by atomic mass is 32.1. The average Bonchev–Trinajstić information content (AvgIpc) is 1.83. The van der Waals surface area contributed by atoms with Crippen LogP contribution in [-0.4, -0.2) is 25.5 Å². The summed E-state index contributed by atoms with van der Waals surface area (Å²) in [4.78, 5) is 0. The summed E-state index contributed by atoms with van der Waals surface area (Å²) in [5, 5.41) is 0. The molecule has 0 aromatic carbocycles. The Morgan fingerprint density at radius 3 is 2.50 bits per heavy atom. The van der Waals surface area contributed by atoms with Crippen molar-refractivity contribution in [3.05, 3.63) is 0 Å². The molecule has 2 nitrogen and oxygen atoms in total. The maximum absolute atomic E-state index is 5.31. The number of thiol groups is 1. The minimum Gasteiger partial charge on any atom is -0.380 e. The van der Waals surface area contributed by atoms with E-state index in [1.807, 2.05) is 0 Å². The van der Waals surface area contributed by atoms with Crippen LogP contribution in [0.25, 0.3) is 0 Å². The van der Waals surface area contributed by atoms with Crippen molar-refractivity contribution in [1.29, 1.82) is 0 Å². The fourth-order valence-electron chi connectivity index (χ4n) is 0.476. The molecule has 0 aromatic rings. The molecule has 2 N–H and O–H groups in total. The van der Waals surface area contributed by atoms with E-state index in [2.05, 4.69) is 12.6 Å². The topological polar surface area (TPSA) is 35.2 Å². The lowest BCUT2D eigenvalue weighted by atomic mass is 10.3. The van der Waals surface area contributed by atoms with Crippen LogP contribution in [-0.2, 0) is 4.74 Å². The Kier molecular flexibility index (Phi) is 5.59. The van der Waals surface area contributed by atoms with E-state index in [4.69, 9.17) is 10.5 Å². The molecule has 0 spiro atoms. The molecule has 0 aliphatic heterocycles. The summed E-state index contributed by atoms with van der Waals surface area (Å²) in [6, 6.07) is 0. The third kappa shape index (κ3) is 3.29.